The highest BCUT2D eigenvalue weighted by Crippen LogP contribution is 2.07. The van der Waals surface area contributed by atoms with E-state index >= 15 is 0 Å². The second kappa shape index (κ2) is 12.3. The van der Waals surface area contributed by atoms with Crippen molar-refractivity contribution in [1.29, 1.82) is 0 Å². The Morgan fingerprint density at radius 2 is 2.09 bits per heavy atom. The molecule has 0 fully saturated rings. The van der Waals surface area contributed by atoms with E-state index in [1.165, 1.54) is 0 Å². The lowest BCUT2D eigenvalue weighted by atomic mass is 10.2. The molecule has 2 unspecified atom stereocenters. The summed E-state index contributed by atoms with van der Waals surface area (Å²) in [7, 11) is 3.41. The highest BCUT2D eigenvalue weighted by atomic mass is 16.5. The maximum Gasteiger partial charge on any atom is 0.317 e. The summed E-state index contributed by atoms with van der Waals surface area (Å²) < 4.78 is 5.38. The Balaban J connectivity index is 5.01. The van der Waals surface area contributed by atoms with Gasteiger partial charge in [-0.05, 0) is 20.4 Å². The van der Waals surface area contributed by atoms with Gasteiger partial charge in [-0.3, -0.25) is 19.4 Å². The van der Waals surface area contributed by atoms with Crippen LogP contribution < -0.4 is 10.6 Å². The molecule has 1 amide bonds. The molecule has 0 aromatic rings. The maximum atomic E-state index is 11.1. The van der Waals surface area contributed by atoms with Crippen LogP contribution in [0.25, 0.3) is 0 Å². The number of aliphatic carboxylic acids is 1. The minimum atomic E-state index is -0.895. The van der Waals surface area contributed by atoms with E-state index in [9.17, 15) is 9.59 Å². The molecular weight excluding hydrogens is 288 g/mol. The van der Waals surface area contributed by atoms with E-state index < -0.39 is 5.97 Å². The minimum absolute atomic E-state index is 0.0695. The van der Waals surface area contributed by atoms with E-state index in [1.807, 2.05) is 6.92 Å². The summed E-state index contributed by atoms with van der Waals surface area (Å²) in [4.78, 5) is 25.6. The Labute approximate surface area is 132 Å². The second-order valence-electron chi connectivity index (χ2n) is 5.16. The molecule has 3 N–H and O–H groups in total. The average molecular weight is 318 g/mol. The van der Waals surface area contributed by atoms with Crippen LogP contribution in [0.2, 0.25) is 0 Å². The molecule has 0 bridgehead atoms. The van der Waals surface area contributed by atoms with Gasteiger partial charge in [0, 0.05) is 39.5 Å². The van der Waals surface area contributed by atoms with E-state index in [2.05, 4.69) is 22.5 Å². The SMILES string of the molecule is CCCN(CC(CNC=O)N(CNC)CC(=O)O)C(C)OC. The van der Waals surface area contributed by atoms with Crippen LogP contribution in [0.4, 0.5) is 0 Å². The van der Waals surface area contributed by atoms with Gasteiger partial charge in [0.15, 0.2) is 0 Å². The predicted octanol–water partition coefficient (Wildman–Crippen LogP) is -0.631. The van der Waals surface area contributed by atoms with E-state index in [1.54, 1.807) is 19.1 Å². The standard InChI is InChI=1S/C14H30N4O4/c1-5-6-17(12(2)22-4)8-13(7-16-11-19)18(10-15-3)9-14(20)21/h11-13,15H,5-10H2,1-4H3,(H,16,19)(H,20,21). The lowest BCUT2D eigenvalue weighted by molar-refractivity contribution is -0.139. The first kappa shape index (κ1) is 20.8. The largest absolute Gasteiger partial charge is 0.480 e. The maximum absolute atomic E-state index is 11.1. The van der Waals surface area contributed by atoms with Crippen LogP contribution in [0.5, 0.6) is 0 Å². The quantitative estimate of drug-likeness (QED) is 0.290. The number of nitrogens with zero attached hydrogens (tertiary/aromatic N) is 2. The van der Waals surface area contributed by atoms with Crippen LogP contribution in [0, 0.1) is 0 Å². The number of hydrogen-bond donors (Lipinski definition) is 3. The fourth-order valence-corrected chi connectivity index (χ4v) is 2.31. The first-order chi connectivity index (χ1) is 10.5. The van der Waals surface area contributed by atoms with Crippen LogP contribution in [0.15, 0.2) is 0 Å². The molecule has 0 rings (SSSR count). The zero-order valence-corrected chi connectivity index (χ0v) is 14.0. The molecule has 0 aromatic carbocycles. The van der Waals surface area contributed by atoms with Crippen molar-refractivity contribution in [2.24, 2.45) is 0 Å². The smallest absolute Gasteiger partial charge is 0.317 e. The summed E-state index contributed by atoms with van der Waals surface area (Å²) in [6.07, 6.45) is 1.53. The number of hydrogen-bond acceptors (Lipinski definition) is 6. The molecule has 0 heterocycles. The molecular formula is C14H30N4O4. The Kier molecular flexibility index (Phi) is 11.7. The van der Waals surface area contributed by atoms with E-state index in [0.29, 0.717) is 26.2 Å². The monoisotopic (exact) mass is 318 g/mol. The number of rotatable bonds is 14. The number of carboxylic acid groups (broad SMARTS) is 1. The van der Waals surface area contributed by atoms with E-state index in [0.717, 1.165) is 13.0 Å². The molecule has 0 aliphatic rings. The number of carboxylic acids is 1. The molecule has 22 heavy (non-hydrogen) atoms. The molecule has 8 nitrogen and oxygen atoms in total. The third-order valence-corrected chi connectivity index (χ3v) is 3.46. The van der Waals surface area contributed by atoms with E-state index in [4.69, 9.17) is 9.84 Å². The van der Waals surface area contributed by atoms with Crippen molar-refractivity contribution in [1.82, 2.24) is 20.4 Å². The van der Waals surface area contributed by atoms with Crippen LogP contribution in [0.1, 0.15) is 20.3 Å². The number of carbonyl (C=O) groups excluding carboxylic acids is 1. The molecule has 0 aromatic heterocycles. The van der Waals surface area contributed by atoms with E-state index in [-0.39, 0.29) is 18.8 Å². The van der Waals surface area contributed by atoms with Crippen LogP contribution in [-0.4, -0.2) is 86.6 Å². The molecule has 0 aliphatic carbocycles. The minimum Gasteiger partial charge on any atom is -0.480 e. The predicted molar refractivity (Wildman–Crippen MR) is 84.5 cm³/mol. The third-order valence-electron chi connectivity index (χ3n) is 3.46. The Hall–Kier alpha value is -1.22. The normalized spacial score (nSPS) is 14.1. The fraction of sp³-hybridized carbons (Fsp3) is 0.857. The Morgan fingerprint density at radius 3 is 2.55 bits per heavy atom. The summed E-state index contributed by atoms with van der Waals surface area (Å²) in [5.74, 6) is -0.895. The number of ether oxygens (including phenoxy) is 1. The fourth-order valence-electron chi connectivity index (χ4n) is 2.31. The highest BCUT2D eigenvalue weighted by Gasteiger charge is 2.24. The van der Waals surface area contributed by atoms with Gasteiger partial charge < -0.3 is 20.5 Å². The van der Waals surface area contributed by atoms with Crippen molar-refractivity contribution >= 4 is 12.4 Å². The van der Waals surface area contributed by atoms with Crippen LogP contribution in [0.3, 0.4) is 0 Å². The third kappa shape index (κ3) is 8.28. The lowest BCUT2D eigenvalue weighted by Crippen LogP contribution is -2.54. The average Bonchev–Trinajstić information content (AvgIpc) is 2.48. The second-order valence-corrected chi connectivity index (χ2v) is 5.16. The number of methoxy groups -OCH3 is 1. The molecule has 0 radical (unpaired) electrons. The van der Waals surface area contributed by atoms with Crippen molar-refractivity contribution in [3.8, 4) is 0 Å². The van der Waals surface area contributed by atoms with Crippen molar-refractivity contribution in [3.63, 3.8) is 0 Å². The zero-order chi connectivity index (χ0) is 17.0. The first-order valence-electron chi connectivity index (χ1n) is 7.54. The lowest BCUT2D eigenvalue weighted by Gasteiger charge is -2.36. The van der Waals surface area contributed by atoms with Gasteiger partial charge in [0.25, 0.3) is 0 Å². The molecule has 8 heteroatoms. The Bertz CT molecular complexity index is 317. The van der Waals surface area contributed by atoms with Gasteiger partial charge in [0.05, 0.1) is 6.54 Å². The van der Waals surface area contributed by atoms with Gasteiger partial charge in [-0.2, -0.15) is 0 Å². The van der Waals surface area contributed by atoms with Crippen molar-refractivity contribution in [2.75, 3.05) is 47.0 Å². The summed E-state index contributed by atoms with van der Waals surface area (Å²) in [6.45, 7) is 6.21. The molecule has 0 aliphatic heterocycles. The molecule has 0 saturated carbocycles. The summed E-state index contributed by atoms with van der Waals surface area (Å²) >= 11 is 0. The molecule has 130 valence electrons. The summed E-state index contributed by atoms with van der Waals surface area (Å²) in [6, 6.07) is -0.127. The summed E-state index contributed by atoms with van der Waals surface area (Å²) in [5.41, 5.74) is 0. The molecule has 0 spiro atoms. The van der Waals surface area contributed by atoms with Crippen molar-refractivity contribution in [3.05, 3.63) is 0 Å². The van der Waals surface area contributed by atoms with Crippen molar-refractivity contribution < 1.29 is 19.4 Å². The number of nitrogens with one attached hydrogen (secondary N) is 2. The number of amides is 1. The first-order valence-corrected chi connectivity index (χ1v) is 7.54. The van der Waals surface area contributed by atoms with Gasteiger partial charge in [0.2, 0.25) is 6.41 Å². The van der Waals surface area contributed by atoms with Gasteiger partial charge >= 0.3 is 5.97 Å². The van der Waals surface area contributed by atoms with Crippen LogP contribution >= 0.6 is 0 Å². The zero-order valence-electron chi connectivity index (χ0n) is 14.0. The highest BCUT2D eigenvalue weighted by molar-refractivity contribution is 5.69. The van der Waals surface area contributed by atoms with Crippen molar-refractivity contribution in [2.45, 2.75) is 32.5 Å². The number of carbonyl (C=O) groups is 2. The summed E-state index contributed by atoms with van der Waals surface area (Å²) in [5, 5.41) is 14.7. The topological polar surface area (TPSA) is 94.1 Å². The molecule has 2 atom stereocenters. The Morgan fingerprint density at radius 1 is 1.41 bits per heavy atom. The van der Waals surface area contributed by atoms with Gasteiger partial charge in [-0.15, -0.1) is 0 Å². The van der Waals surface area contributed by atoms with Gasteiger partial charge in [-0.25, -0.2) is 0 Å². The van der Waals surface area contributed by atoms with Gasteiger partial charge in [-0.1, -0.05) is 6.92 Å². The van der Waals surface area contributed by atoms with Gasteiger partial charge in [0.1, 0.15) is 6.23 Å². The van der Waals surface area contributed by atoms with Crippen LogP contribution in [-0.2, 0) is 14.3 Å². The molecule has 0 saturated heterocycles.